The number of aromatic amines is 1. The van der Waals surface area contributed by atoms with Gasteiger partial charge in [-0.1, -0.05) is 0 Å². The van der Waals surface area contributed by atoms with Gasteiger partial charge in [-0.15, -0.1) is 0 Å². The van der Waals surface area contributed by atoms with Crippen LogP contribution in [-0.2, 0) is 0 Å². The van der Waals surface area contributed by atoms with Crippen LogP contribution < -0.4 is 11.3 Å². The predicted molar refractivity (Wildman–Crippen MR) is 67.4 cm³/mol. The Hall–Kier alpha value is -1.93. The van der Waals surface area contributed by atoms with Crippen LogP contribution in [0.2, 0.25) is 0 Å². The van der Waals surface area contributed by atoms with E-state index in [0.29, 0.717) is 18.5 Å². The molecule has 102 valence electrons. The Balaban J connectivity index is 2.09. The van der Waals surface area contributed by atoms with Gasteiger partial charge in [0.1, 0.15) is 0 Å². The van der Waals surface area contributed by atoms with E-state index in [0.717, 1.165) is 0 Å². The van der Waals surface area contributed by atoms with Crippen molar-refractivity contribution >= 4 is 17.1 Å². The number of nitrogens with two attached hydrogens (primary N) is 1. The molecular formula is C11H15N5O3. The van der Waals surface area contributed by atoms with Gasteiger partial charge in [0.05, 0.1) is 18.5 Å². The molecule has 0 aromatic carbocycles. The number of H-pyrrole nitrogens is 1. The maximum atomic E-state index is 11.7. The van der Waals surface area contributed by atoms with Crippen molar-refractivity contribution in [1.82, 2.24) is 19.5 Å². The molecule has 0 radical (unpaired) electrons. The van der Waals surface area contributed by atoms with E-state index in [1.807, 2.05) is 0 Å². The Bertz CT molecular complexity index is 664. The molecule has 8 nitrogen and oxygen atoms in total. The number of nitrogens with one attached hydrogen (secondary N) is 1. The lowest BCUT2D eigenvalue weighted by atomic mass is 10.1. The first-order valence-electron chi connectivity index (χ1n) is 6.11. The van der Waals surface area contributed by atoms with Crippen molar-refractivity contribution in [3.63, 3.8) is 0 Å². The van der Waals surface area contributed by atoms with Gasteiger partial charge in [-0.25, -0.2) is 4.98 Å². The van der Waals surface area contributed by atoms with Crippen molar-refractivity contribution in [2.75, 3.05) is 12.3 Å². The molecule has 1 aliphatic carbocycles. The first-order chi connectivity index (χ1) is 9.10. The molecule has 5 N–H and O–H groups in total. The molecule has 0 amide bonds. The van der Waals surface area contributed by atoms with Gasteiger partial charge in [0.15, 0.2) is 11.2 Å². The molecule has 0 aliphatic heterocycles. The van der Waals surface area contributed by atoms with Crippen LogP contribution in [-0.4, -0.2) is 42.4 Å². The predicted octanol–water partition coefficient (Wildman–Crippen LogP) is -0.994. The third-order valence-corrected chi connectivity index (χ3v) is 3.66. The van der Waals surface area contributed by atoms with E-state index in [2.05, 4.69) is 15.0 Å². The zero-order valence-electron chi connectivity index (χ0n) is 10.2. The van der Waals surface area contributed by atoms with Crippen molar-refractivity contribution in [3.8, 4) is 0 Å². The summed E-state index contributed by atoms with van der Waals surface area (Å²) in [7, 11) is 0. The average Bonchev–Trinajstić information content (AvgIpc) is 2.92. The van der Waals surface area contributed by atoms with Crippen LogP contribution >= 0.6 is 0 Å². The van der Waals surface area contributed by atoms with Crippen LogP contribution in [0.15, 0.2) is 11.1 Å². The molecule has 0 spiro atoms. The summed E-state index contributed by atoms with van der Waals surface area (Å²) < 4.78 is 1.67. The molecule has 0 saturated heterocycles. The minimum Gasteiger partial charge on any atom is -0.396 e. The molecule has 3 unspecified atom stereocenters. The molecule has 8 heteroatoms. The van der Waals surface area contributed by atoms with Crippen LogP contribution in [0.5, 0.6) is 0 Å². The summed E-state index contributed by atoms with van der Waals surface area (Å²) in [5.74, 6) is 0.0715. The first-order valence-corrected chi connectivity index (χ1v) is 6.11. The third kappa shape index (κ3) is 1.89. The number of nitrogen functional groups attached to an aromatic ring is 1. The second-order valence-corrected chi connectivity index (χ2v) is 4.93. The van der Waals surface area contributed by atoms with Gasteiger partial charge in [0.2, 0.25) is 5.95 Å². The van der Waals surface area contributed by atoms with Gasteiger partial charge in [-0.3, -0.25) is 9.78 Å². The lowest BCUT2D eigenvalue weighted by molar-refractivity contribution is 0.132. The van der Waals surface area contributed by atoms with E-state index in [9.17, 15) is 15.0 Å². The van der Waals surface area contributed by atoms with Crippen LogP contribution in [0.1, 0.15) is 18.9 Å². The zero-order chi connectivity index (χ0) is 13.6. The lowest BCUT2D eigenvalue weighted by Crippen LogP contribution is -2.19. The van der Waals surface area contributed by atoms with Crippen LogP contribution in [0.25, 0.3) is 11.2 Å². The van der Waals surface area contributed by atoms with E-state index in [1.165, 1.54) is 6.33 Å². The fourth-order valence-electron chi connectivity index (χ4n) is 2.73. The van der Waals surface area contributed by atoms with Crippen molar-refractivity contribution in [2.24, 2.45) is 5.92 Å². The van der Waals surface area contributed by atoms with Gasteiger partial charge < -0.3 is 20.5 Å². The Kier molecular flexibility index (Phi) is 2.76. The van der Waals surface area contributed by atoms with Crippen molar-refractivity contribution < 1.29 is 10.2 Å². The minimum atomic E-state index is -0.586. The number of imidazole rings is 1. The average molecular weight is 265 g/mol. The monoisotopic (exact) mass is 265 g/mol. The molecule has 1 saturated carbocycles. The summed E-state index contributed by atoms with van der Waals surface area (Å²) in [6, 6.07) is -0.240. The maximum Gasteiger partial charge on any atom is 0.280 e. The number of nitrogens with zero attached hydrogens (tertiary/aromatic N) is 3. The minimum absolute atomic E-state index is 0.0189. The Labute approximate surface area is 107 Å². The van der Waals surface area contributed by atoms with Crippen LogP contribution in [0.3, 0.4) is 0 Å². The molecule has 1 aliphatic rings. The third-order valence-electron chi connectivity index (χ3n) is 3.66. The largest absolute Gasteiger partial charge is 0.396 e. The fraction of sp³-hybridized carbons (Fsp3) is 0.545. The van der Waals surface area contributed by atoms with Gasteiger partial charge in [0, 0.05) is 6.61 Å². The van der Waals surface area contributed by atoms with E-state index >= 15 is 0 Å². The molecule has 3 rings (SSSR count). The summed E-state index contributed by atoms with van der Waals surface area (Å²) in [5, 5.41) is 19.2. The highest BCUT2D eigenvalue weighted by atomic mass is 16.3. The highest BCUT2D eigenvalue weighted by Crippen LogP contribution is 2.35. The highest BCUT2D eigenvalue weighted by Gasteiger charge is 2.34. The number of fused-ring (bicyclic) bond motifs is 1. The number of aliphatic hydroxyl groups excluding tert-OH is 2. The molecule has 2 aromatic rings. The van der Waals surface area contributed by atoms with Gasteiger partial charge >= 0.3 is 0 Å². The lowest BCUT2D eigenvalue weighted by Gasteiger charge is -2.16. The second kappa shape index (κ2) is 4.32. The van der Waals surface area contributed by atoms with Gasteiger partial charge in [0.25, 0.3) is 5.56 Å². The van der Waals surface area contributed by atoms with Crippen molar-refractivity contribution in [3.05, 3.63) is 16.7 Å². The zero-order valence-corrected chi connectivity index (χ0v) is 10.2. The SMILES string of the molecule is Nc1nc2c(ncn2C2CC(CO)CC2O)c(=O)[nH]1. The molecule has 2 aromatic heterocycles. The van der Waals surface area contributed by atoms with Crippen molar-refractivity contribution in [1.29, 1.82) is 0 Å². The number of hydrogen-bond acceptors (Lipinski definition) is 6. The van der Waals surface area contributed by atoms with Gasteiger partial charge in [-0.05, 0) is 18.8 Å². The maximum absolute atomic E-state index is 11.7. The molecule has 1 fully saturated rings. The summed E-state index contributed by atoms with van der Waals surface area (Å²) >= 11 is 0. The number of aliphatic hydroxyl groups is 2. The molecule has 0 bridgehead atoms. The summed E-state index contributed by atoms with van der Waals surface area (Å²) in [6.45, 7) is 0.0380. The normalized spacial score (nSPS) is 27.2. The summed E-state index contributed by atoms with van der Waals surface area (Å²) in [5.41, 5.74) is 5.70. The number of anilines is 1. The number of aromatic nitrogens is 4. The summed E-state index contributed by atoms with van der Waals surface area (Å²) in [4.78, 5) is 22.1. The Morgan fingerprint density at radius 3 is 3.00 bits per heavy atom. The van der Waals surface area contributed by atoms with Gasteiger partial charge in [-0.2, -0.15) is 4.98 Å². The Morgan fingerprint density at radius 2 is 2.32 bits per heavy atom. The fourth-order valence-corrected chi connectivity index (χ4v) is 2.73. The molecule has 2 heterocycles. The molecule has 19 heavy (non-hydrogen) atoms. The van der Waals surface area contributed by atoms with Crippen molar-refractivity contribution in [2.45, 2.75) is 25.0 Å². The number of hydrogen-bond donors (Lipinski definition) is 4. The Morgan fingerprint density at radius 1 is 1.53 bits per heavy atom. The second-order valence-electron chi connectivity index (χ2n) is 4.93. The first kappa shape index (κ1) is 12.1. The standard InChI is InChI=1S/C11H15N5O3/c12-11-14-9-8(10(19)15-11)13-4-16(9)6-1-5(3-17)2-7(6)18/h4-7,17-18H,1-3H2,(H3,12,14,15,19). The topological polar surface area (TPSA) is 130 Å². The quantitative estimate of drug-likeness (QED) is 0.551. The summed E-state index contributed by atoms with van der Waals surface area (Å²) in [6.07, 6.45) is 2.05. The molecular weight excluding hydrogens is 250 g/mol. The van der Waals surface area contributed by atoms with E-state index in [-0.39, 0.29) is 30.0 Å². The smallest absolute Gasteiger partial charge is 0.280 e. The molecule has 3 atom stereocenters. The van der Waals surface area contributed by atoms with E-state index < -0.39 is 11.7 Å². The van der Waals surface area contributed by atoms with E-state index in [1.54, 1.807) is 4.57 Å². The van der Waals surface area contributed by atoms with E-state index in [4.69, 9.17) is 5.73 Å². The number of rotatable bonds is 2. The van der Waals surface area contributed by atoms with Crippen LogP contribution in [0.4, 0.5) is 5.95 Å². The van der Waals surface area contributed by atoms with Crippen LogP contribution in [0, 0.1) is 5.92 Å². The highest BCUT2D eigenvalue weighted by molar-refractivity contribution is 5.70.